The lowest BCUT2D eigenvalue weighted by Crippen LogP contribution is -2.48. The Hall–Kier alpha value is -0.370. The van der Waals surface area contributed by atoms with Gasteiger partial charge in [-0.1, -0.05) is 13.8 Å². The molecule has 2 heterocycles. The van der Waals surface area contributed by atoms with Crippen molar-refractivity contribution in [3.63, 3.8) is 0 Å². The SMILES string of the molecule is CC1CC(C)C(C)N(S(=O)(=O)c2cc(CN)oc2Br)C1. The average Bonchev–Trinajstić information content (AvgIpc) is 2.75. The third kappa shape index (κ3) is 2.81. The van der Waals surface area contributed by atoms with Crippen LogP contribution in [0.1, 0.15) is 33.0 Å². The quantitative estimate of drug-likeness (QED) is 0.893. The highest BCUT2D eigenvalue weighted by molar-refractivity contribution is 9.10. The van der Waals surface area contributed by atoms with Gasteiger partial charge in [0.25, 0.3) is 0 Å². The fraction of sp³-hybridized carbons (Fsp3) is 0.692. The van der Waals surface area contributed by atoms with Crippen molar-refractivity contribution in [1.29, 1.82) is 0 Å². The Morgan fingerprint density at radius 1 is 1.45 bits per heavy atom. The van der Waals surface area contributed by atoms with E-state index < -0.39 is 10.0 Å². The third-order valence-electron chi connectivity index (χ3n) is 4.04. The largest absolute Gasteiger partial charge is 0.452 e. The molecule has 3 atom stereocenters. The van der Waals surface area contributed by atoms with Gasteiger partial charge in [-0.15, -0.1) is 0 Å². The molecule has 0 amide bonds. The molecule has 1 saturated heterocycles. The van der Waals surface area contributed by atoms with Gasteiger partial charge in [-0.2, -0.15) is 4.31 Å². The van der Waals surface area contributed by atoms with Crippen molar-refractivity contribution >= 4 is 26.0 Å². The van der Waals surface area contributed by atoms with Crippen LogP contribution in [0.15, 0.2) is 20.0 Å². The van der Waals surface area contributed by atoms with Crippen LogP contribution in [-0.4, -0.2) is 25.3 Å². The summed E-state index contributed by atoms with van der Waals surface area (Å²) in [6.45, 7) is 6.87. The Balaban J connectivity index is 2.40. The number of rotatable bonds is 3. The van der Waals surface area contributed by atoms with Gasteiger partial charge >= 0.3 is 0 Å². The lowest BCUT2D eigenvalue weighted by atomic mass is 9.88. The van der Waals surface area contributed by atoms with E-state index in [-0.39, 0.29) is 22.2 Å². The molecule has 7 heteroatoms. The predicted molar refractivity (Wildman–Crippen MR) is 80.6 cm³/mol. The van der Waals surface area contributed by atoms with Gasteiger partial charge in [-0.05, 0) is 41.1 Å². The number of hydrogen-bond acceptors (Lipinski definition) is 4. The van der Waals surface area contributed by atoms with Gasteiger partial charge in [0.2, 0.25) is 10.0 Å². The number of nitrogens with zero attached hydrogens (tertiary/aromatic N) is 1. The van der Waals surface area contributed by atoms with Crippen LogP contribution in [0, 0.1) is 11.8 Å². The van der Waals surface area contributed by atoms with Gasteiger partial charge in [0.1, 0.15) is 10.7 Å². The molecule has 1 aromatic heterocycles. The van der Waals surface area contributed by atoms with Crippen LogP contribution < -0.4 is 5.73 Å². The number of nitrogens with two attached hydrogens (primary N) is 1. The van der Waals surface area contributed by atoms with Gasteiger partial charge in [0.05, 0.1) is 6.54 Å². The molecule has 1 fully saturated rings. The van der Waals surface area contributed by atoms with Crippen LogP contribution in [0.2, 0.25) is 0 Å². The van der Waals surface area contributed by atoms with E-state index in [4.69, 9.17) is 10.2 Å². The first-order valence-electron chi connectivity index (χ1n) is 6.77. The summed E-state index contributed by atoms with van der Waals surface area (Å²) in [5.74, 6) is 1.16. The molecule has 0 aromatic carbocycles. The maximum absolute atomic E-state index is 12.8. The Morgan fingerprint density at radius 2 is 2.10 bits per heavy atom. The number of piperidine rings is 1. The van der Waals surface area contributed by atoms with Crippen molar-refractivity contribution in [3.8, 4) is 0 Å². The Bertz CT molecular complexity index is 584. The van der Waals surface area contributed by atoms with Crippen molar-refractivity contribution < 1.29 is 12.8 Å². The summed E-state index contributed by atoms with van der Waals surface area (Å²) >= 11 is 3.18. The van der Waals surface area contributed by atoms with E-state index in [1.165, 1.54) is 6.07 Å². The second-order valence-electron chi connectivity index (χ2n) is 5.69. The van der Waals surface area contributed by atoms with E-state index in [2.05, 4.69) is 29.8 Å². The molecule has 1 aliphatic heterocycles. The van der Waals surface area contributed by atoms with Crippen molar-refractivity contribution in [1.82, 2.24) is 4.31 Å². The molecular formula is C13H21BrN2O3S. The predicted octanol–water partition coefficient (Wildman–Crippen LogP) is 2.56. The summed E-state index contributed by atoms with van der Waals surface area (Å²) in [7, 11) is -3.56. The minimum Gasteiger partial charge on any atom is -0.452 e. The van der Waals surface area contributed by atoms with Crippen LogP contribution in [0.5, 0.6) is 0 Å². The van der Waals surface area contributed by atoms with Crippen molar-refractivity contribution in [2.45, 2.75) is 44.7 Å². The number of halogens is 1. The van der Waals surface area contributed by atoms with E-state index in [0.29, 0.717) is 24.1 Å². The molecule has 114 valence electrons. The molecule has 1 aromatic rings. The Morgan fingerprint density at radius 3 is 2.65 bits per heavy atom. The van der Waals surface area contributed by atoms with E-state index in [1.807, 2.05) is 6.92 Å². The molecule has 0 saturated carbocycles. The highest BCUT2D eigenvalue weighted by Gasteiger charge is 2.39. The van der Waals surface area contributed by atoms with E-state index in [9.17, 15) is 8.42 Å². The molecule has 0 radical (unpaired) electrons. The van der Waals surface area contributed by atoms with E-state index in [1.54, 1.807) is 4.31 Å². The normalized spacial score (nSPS) is 28.8. The molecule has 0 spiro atoms. The standard InChI is InChI=1S/C13H21BrN2O3S/c1-8-4-9(2)10(3)16(7-8)20(17,18)12-5-11(6-15)19-13(12)14/h5,8-10H,4,6-7,15H2,1-3H3. The summed E-state index contributed by atoms with van der Waals surface area (Å²) in [5.41, 5.74) is 5.50. The molecule has 2 N–H and O–H groups in total. The van der Waals surface area contributed by atoms with Crippen LogP contribution in [0.3, 0.4) is 0 Å². The third-order valence-corrected chi connectivity index (χ3v) is 6.85. The maximum atomic E-state index is 12.8. The van der Waals surface area contributed by atoms with Crippen LogP contribution in [0.4, 0.5) is 0 Å². The van der Waals surface area contributed by atoms with Crippen molar-refractivity contribution in [2.24, 2.45) is 17.6 Å². The summed E-state index contributed by atoms with van der Waals surface area (Å²) in [6.07, 6.45) is 1.05. The van der Waals surface area contributed by atoms with Gasteiger partial charge in [-0.3, -0.25) is 0 Å². The fourth-order valence-corrected chi connectivity index (χ4v) is 5.59. The molecule has 20 heavy (non-hydrogen) atoms. The molecule has 3 unspecified atom stereocenters. The second kappa shape index (κ2) is 5.79. The zero-order valence-electron chi connectivity index (χ0n) is 12.0. The minimum atomic E-state index is -3.56. The Labute approximate surface area is 128 Å². The number of furan rings is 1. The molecule has 2 rings (SSSR count). The smallest absolute Gasteiger partial charge is 0.247 e. The lowest BCUT2D eigenvalue weighted by molar-refractivity contribution is 0.157. The first-order chi connectivity index (χ1) is 9.27. The first kappa shape index (κ1) is 16.0. The topological polar surface area (TPSA) is 76.5 Å². The highest BCUT2D eigenvalue weighted by atomic mass is 79.9. The van der Waals surface area contributed by atoms with Crippen molar-refractivity contribution in [3.05, 3.63) is 16.5 Å². The zero-order valence-corrected chi connectivity index (χ0v) is 14.4. The first-order valence-corrected chi connectivity index (χ1v) is 9.00. The van der Waals surface area contributed by atoms with Crippen LogP contribution in [0.25, 0.3) is 0 Å². The van der Waals surface area contributed by atoms with Crippen molar-refractivity contribution in [2.75, 3.05) is 6.54 Å². The molecule has 1 aliphatic rings. The van der Waals surface area contributed by atoms with Crippen LogP contribution >= 0.6 is 15.9 Å². The van der Waals surface area contributed by atoms with Crippen LogP contribution in [-0.2, 0) is 16.6 Å². The minimum absolute atomic E-state index is 0.0145. The van der Waals surface area contributed by atoms with Gasteiger partial charge in [0, 0.05) is 18.7 Å². The van der Waals surface area contributed by atoms with Gasteiger partial charge in [-0.25, -0.2) is 8.42 Å². The van der Waals surface area contributed by atoms with Gasteiger partial charge < -0.3 is 10.2 Å². The highest BCUT2D eigenvalue weighted by Crippen LogP contribution is 2.35. The number of hydrogen-bond donors (Lipinski definition) is 1. The average molecular weight is 365 g/mol. The summed E-state index contributed by atoms with van der Waals surface area (Å²) in [6, 6.07) is 1.50. The molecule has 0 aliphatic carbocycles. The number of sulfonamides is 1. The monoisotopic (exact) mass is 364 g/mol. The fourth-order valence-electron chi connectivity index (χ4n) is 2.78. The Kier molecular flexibility index (Phi) is 4.63. The molecule has 5 nitrogen and oxygen atoms in total. The summed E-state index contributed by atoms with van der Waals surface area (Å²) < 4.78 is 32.8. The lowest BCUT2D eigenvalue weighted by Gasteiger charge is -2.39. The van der Waals surface area contributed by atoms with Gasteiger partial charge in [0.15, 0.2) is 4.67 Å². The maximum Gasteiger partial charge on any atom is 0.247 e. The molecule has 0 bridgehead atoms. The summed E-state index contributed by atoms with van der Waals surface area (Å²) in [4.78, 5) is 0.172. The van der Waals surface area contributed by atoms with E-state index >= 15 is 0 Å². The zero-order chi connectivity index (χ0) is 15.1. The van der Waals surface area contributed by atoms with E-state index in [0.717, 1.165) is 6.42 Å². The molecular weight excluding hydrogens is 344 g/mol. The second-order valence-corrected chi connectivity index (χ2v) is 8.27. The summed E-state index contributed by atoms with van der Waals surface area (Å²) in [5, 5.41) is 0.